The average molecular weight is 326 g/mol. The van der Waals surface area contributed by atoms with Crippen LogP contribution in [0.2, 0.25) is 0 Å². The van der Waals surface area contributed by atoms with E-state index in [1.54, 1.807) is 6.07 Å². The summed E-state index contributed by atoms with van der Waals surface area (Å²) in [5, 5.41) is 10.2. The van der Waals surface area contributed by atoms with Crippen molar-refractivity contribution in [2.45, 2.75) is 25.8 Å². The molecule has 0 saturated carbocycles. The second kappa shape index (κ2) is 6.73. The number of fused-ring (bicyclic) bond motifs is 1. The molecule has 0 unspecified atom stereocenters. The van der Waals surface area contributed by atoms with Crippen molar-refractivity contribution >= 4 is 0 Å². The monoisotopic (exact) mass is 326 g/mol. The molecule has 0 aliphatic carbocycles. The summed E-state index contributed by atoms with van der Waals surface area (Å²) < 4.78 is 10.7. The normalized spacial score (nSPS) is 22.5. The van der Waals surface area contributed by atoms with Gasteiger partial charge in [-0.2, -0.15) is 0 Å². The highest BCUT2D eigenvalue weighted by molar-refractivity contribution is 5.50. The van der Waals surface area contributed by atoms with E-state index < -0.39 is 0 Å². The van der Waals surface area contributed by atoms with E-state index in [1.165, 1.54) is 29.7 Å². The van der Waals surface area contributed by atoms with E-state index in [-0.39, 0.29) is 6.79 Å². The van der Waals surface area contributed by atoms with Crippen LogP contribution in [-0.4, -0.2) is 25.0 Å². The number of hydrogen-bond acceptors (Lipinski definition) is 3. The minimum atomic E-state index is 0.246. The molecule has 2 heterocycles. The summed E-state index contributed by atoms with van der Waals surface area (Å²) in [6, 6.07) is 14.4. The zero-order valence-electron chi connectivity index (χ0n) is 13.8. The second-order valence-corrected chi connectivity index (χ2v) is 6.89. The Morgan fingerprint density at radius 1 is 1.00 bits per heavy atom. The molecule has 4 rings (SSSR count). The Hall–Kier alpha value is -2.20. The fraction of sp³-hybridized carbons (Fsp3) is 0.400. The maximum atomic E-state index is 10.2. The van der Waals surface area contributed by atoms with Gasteiger partial charge in [-0.15, -0.1) is 0 Å². The maximum Gasteiger partial charge on any atom is 0.231 e. The lowest BCUT2D eigenvalue weighted by Gasteiger charge is -2.29. The van der Waals surface area contributed by atoms with Crippen LogP contribution < -0.4 is 14.4 Å². The molecule has 2 aliphatic heterocycles. The lowest BCUT2D eigenvalue weighted by atomic mass is 9.90. The van der Waals surface area contributed by atoms with Crippen LogP contribution in [0, 0.1) is 5.92 Å². The zero-order chi connectivity index (χ0) is 16.4. The maximum absolute atomic E-state index is 10.2. The van der Waals surface area contributed by atoms with Gasteiger partial charge < -0.3 is 19.5 Å². The van der Waals surface area contributed by atoms with E-state index in [2.05, 4.69) is 30.3 Å². The number of quaternary nitrogens is 1. The molecule has 2 aromatic rings. The summed E-state index contributed by atoms with van der Waals surface area (Å²) in [6.07, 6.45) is 3.68. The van der Waals surface area contributed by atoms with Crippen molar-refractivity contribution < 1.29 is 19.5 Å². The van der Waals surface area contributed by atoms with Crippen LogP contribution in [0.4, 0.5) is 0 Å². The Bertz CT molecular complexity index is 694. The first kappa shape index (κ1) is 15.3. The molecule has 0 radical (unpaired) electrons. The van der Waals surface area contributed by atoms with Gasteiger partial charge in [0, 0.05) is 6.07 Å². The SMILES string of the molecule is Oc1cc2c(cc1C[NH+]1CCC(Cc3ccccc3)CC1)OCO2. The molecular weight excluding hydrogens is 302 g/mol. The van der Waals surface area contributed by atoms with Crippen molar-refractivity contribution in [2.75, 3.05) is 19.9 Å². The van der Waals surface area contributed by atoms with Gasteiger partial charge in [-0.25, -0.2) is 0 Å². The van der Waals surface area contributed by atoms with Gasteiger partial charge in [0.1, 0.15) is 12.3 Å². The Kier molecular flexibility index (Phi) is 4.30. The Morgan fingerprint density at radius 2 is 1.71 bits per heavy atom. The van der Waals surface area contributed by atoms with Crippen LogP contribution in [0.25, 0.3) is 0 Å². The number of benzene rings is 2. The molecule has 0 atom stereocenters. The molecule has 126 valence electrons. The van der Waals surface area contributed by atoms with E-state index in [1.807, 2.05) is 6.07 Å². The summed E-state index contributed by atoms with van der Waals surface area (Å²) in [6.45, 7) is 3.41. The molecule has 2 N–H and O–H groups in total. The zero-order valence-corrected chi connectivity index (χ0v) is 13.8. The van der Waals surface area contributed by atoms with Crippen LogP contribution in [0.3, 0.4) is 0 Å². The minimum absolute atomic E-state index is 0.246. The van der Waals surface area contributed by atoms with Gasteiger partial charge in [0.25, 0.3) is 0 Å². The summed E-state index contributed by atoms with van der Waals surface area (Å²) in [5.74, 6) is 2.49. The standard InChI is InChI=1S/C20H23NO3/c22-18-12-20-19(23-14-24-20)11-17(18)13-21-8-6-16(7-9-21)10-15-4-2-1-3-5-15/h1-5,11-12,16,22H,6-10,13-14H2/p+1. The lowest BCUT2D eigenvalue weighted by molar-refractivity contribution is -0.919. The highest BCUT2D eigenvalue weighted by atomic mass is 16.7. The van der Waals surface area contributed by atoms with Crippen LogP contribution in [0.5, 0.6) is 17.2 Å². The van der Waals surface area contributed by atoms with Crippen LogP contribution in [-0.2, 0) is 13.0 Å². The molecule has 4 heteroatoms. The second-order valence-electron chi connectivity index (χ2n) is 6.89. The van der Waals surface area contributed by atoms with E-state index in [9.17, 15) is 5.11 Å². The number of piperidine rings is 1. The number of rotatable bonds is 4. The van der Waals surface area contributed by atoms with Crippen molar-refractivity contribution in [1.29, 1.82) is 0 Å². The number of ether oxygens (including phenoxy) is 2. The number of likely N-dealkylation sites (tertiary alicyclic amines) is 1. The van der Waals surface area contributed by atoms with Gasteiger partial charge in [-0.1, -0.05) is 30.3 Å². The molecule has 0 amide bonds. The molecule has 2 aliphatic rings. The number of hydrogen-bond donors (Lipinski definition) is 2. The first-order valence-corrected chi connectivity index (χ1v) is 8.77. The van der Waals surface area contributed by atoms with Crippen LogP contribution in [0.1, 0.15) is 24.0 Å². The van der Waals surface area contributed by atoms with Crippen molar-refractivity contribution in [3.8, 4) is 17.2 Å². The van der Waals surface area contributed by atoms with Crippen molar-refractivity contribution in [3.05, 3.63) is 53.6 Å². The third-order valence-electron chi connectivity index (χ3n) is 5.19. The number of phenolic OH excluding ortho intramolecular Hbond substituents is 1. The van der Waals surface area contributed by atoms with Gasteiger partial charge in [0.15, 0.2) is 11.5 Å². The third-order valence-corrected chi connectivity index (χ3v) is 5.19. The minimum Gasteiger partial charge on any atom is -0.507 e. The fourth-order valence-corrected chi connectivity index (χ4v) is 3.80. The van der Waals surface area contributed by atoms with Crippen molar-refractivity contribution in [1.82, 2.24) is 0 Å². The largest absolute Gasteiger partial charge is 0.507 e. The topological polar surface area (TPSA) is 43.1 Å². The molecule has 0 spiro atoms. The summed E-state index contributed by atoms with van der Waals surface area (Å²) in [5.41, 5.74) is 2.40. The van der Waals surface area contributed by atoms with E-state index in [4.69, 9.17) is 9.47 Å². The first-order valence-electron chi connectivity index (χ1n) is 8.77. The fourth-order valence-electron chi connectivity index (χ4n) is 3.80. The Balaban J connectivity index is 1.33. The third kappa shape index (κ3) is 3.34. The predicted molar refractivity (Wildman–Crippen MR) is 91.5 cm³/mol. The average Bonchev–Trinajstić information content (AvgIpc) is 3.05. The predicted octanol–water partition coefficient (Wildman–Crippen LogP) is 2.16. The first-order chi connectivity index (χ1) is 11.8. The van der Waals surface area contributed by atoms with Gasteiger partial charge >= 0.3 is 0 Å². The van der Waals surface area contributed by atoms with E-state index >= 15 is 0 Å². The molecular formula is C20H24NO3+. The summed E-state index contributed by atoms with van der Waals surface area (Å²) >= 11 is 0. The van der Waals surface area contributed by atoms with Crippen molar-refractivity contribution in [2.24, 2.45) is 5.92 Å². The number of aromatic hydroxyl groups is 1. The van der Waals surface area contributed by atoms with Crippen molar-refractivity contribution in [3.63, 3.8) is 0 Å². The Morgan fingerprint density at radius 3 is 2.46 bits per heavy atom. The quantitative estimate of drug-likeness (QED) is 0.905. The molecule has 0 aromatic heterocycles. The van der Waals surface area contributed by atoms with Crippen LogP contribution >= 0.6 is 0 Å². The van der Waals surface area contributed by atoms with E-state index in [0.717, 1.165) is 36.9 Å². The summed E-state index contributed by atoms with van der Waals surface area (Å²) in [7, 11) is 0. The highest BCUT2D eigenvalue weighted by Gasteiger charge is 2.25. The van der Waals surface area contributed by atoms with Gasteiger partial charge in [0.2, 0.25) is 6.79 Å². The molecule has 1 saturated heterocycles. The Labute approximate surface area is 142 Å². The number of nitrogens with one attached hydrogen (secondary N) is 1. The molecule has 2 aromatic carbocycles. The summed E-state index contributed by atoms with van der Waals surface area (Å²) in [4.78, 5) is 1.54. The number of phenols is 1. The molecule has 0 bridgehead atoms. The smallest absolute Gasteiger partial charge is 0.231 e. The van der Waals surface area contributed by atoms with Gasteiger partial charge in [-0.3, -0.25) is 0 Å². The van der Waals surface area contributed by atoms with E-state index in [0.29, 0.717) is 11.5 Å². The molecule has 4 nitrogen and oxygen atoms in total. The molecule has 24 heavy (non-hydrogen) atoms. The van der Waals surface area contributed by atoms with Gasteiger partial charge in [-0.05, 0) is 36.8 Å². The van der Waals surface area contributed by atoms with Crippen LogP contribution in [0.15, 0.2) is 42.5 Å². The lowest BCUT2D eigenvalue weighted by Crippen LogP contribution is -3.11. The molecule has 1 fully saturated rings. The highest BCUT2D eigenvalue weighted by Crippen LogP contribution is 2.37. The van der Waals surface area contributed by atoms with Gasteiger partial charge in [0.05, 0.1) is 18.7 Å².